The van der Waals surface area contributed by atoms with Crippen molar-refractivity contribution in [3.8, 4) is 23.0 Å². The first-order chi connectivity index (χ1) is 18.7. The molecule has 12 heteroatoms. The molecular weight excluding hydrogens is 516 g/mol. The van der Waals surface area contributed by atoms with Crippen LogP contribution in [0.15, 0.2) is 66.7 Å². The summed E-state index contributed by atoms with van der Waals surface area (Å²) in [4.78, 5) is 23.5. The zero-order chi connectivity index (χ0) is 28.1. The highest BCUT2D eigenvalue weighted by molar-refractivity contribution is 5.91. The molecule has 0 spiro atoms. The van der Waals surface area contributed by atoms with E-state index in [1.807, 2.05) is 0 Å². The summed E-state index contributed by atoms with van der Waals surface area (Å²) >= 11 is 0. The molecule has 3 aromatic rings. The van der Waals surface area contributed by atoms with Crippen molar-refractivity contribution in [2.45, 2.75) is 37.3 Å². The van der Waals surface area contributed by atoms with Crippen molar-refractivity contribution in [1.29, 1.82) is 0 Å². The third kappa shape index (κ3) is 6.38. The van der Waals surface area contributed by atoms with Gasteiger partial charge in [0.15, 0.2) is 11.5 Å². The van der Waals surface area contributed by atoms with Gasteiger partial charge in [0.25, 0.3) is 0 Å². The van der Waals surface area contributed by atoms with Crippen molar-refractivity contribution < 1.29 is 59.2 Å². The van der Waals surface area contributed by atoms with Crippen LogP contribution in [0, 0.1) is 0 Å². The lowest BCUT2D eigenvalue weighted by Crippen LogP contribution is -2.60. The predicted octanol–water partition coefficient (Wildman–Crippen LogP) is 1.42. The number of ether oxygens (including phenoxy) is 4. The Morgan fingerprint density at radius 2 is 1.59 bits per heavy atom. The molecule has 1 fully saturated rings. The summed E-state index contributed by atoms with van der Waals surface area (Å²) in [5, 5.41) is 60.5. The number of aliphatic hydroxyl groups is 3. The Balaban J connectivity index is 1.47. The number of carbonyl (C=O) groups is 2. The van der Waals surface area contributed by atoms with Crippen molar-refractivity contribution in [1.82, 2.24) is 0 Å². The van der Waals surface area contributed by atoms with Gasteiger partial charge in [-0.05, 0) is 42.5 Å². The number of esters is 1. The van der Waals surface area contributed by atoms with Gasteiger partial charge in [0.1, 0.15) is 54.7 Å². The summed E-state index contributed by atoms with van der Waals surface area (Å²) < 4.78 is 22.1. The van der Waals surface area contributed by atoms with E-state index in [9.17, 15) is 40.2 Å². The maximum atomic E-state index is 12.3. The zero-order valence-corrected chi connectivity index (χ0v) is 20.3. The summed E-state index contributed by atoms with van der Waals surface area (Å²) in [5.41, 5.74) is 0.105. The van der Waals surface area contributed by atoms with Gasteiger partial charge >= 0.3 is 11.9 Å². The Bertz CT molecular complexity index is 1310. The lowest BCUT2D eigenvalue weighted by Gasteiger charge is -2.40. The Kier molecular flexibility index (Phi) is 8.52. The lowest BCUT2D eigenvalue weighted by molar-refractivity contribution is -0.277. The maximum absolute atomic E-state index is 12.3. The number of benzene rings is 3. The molecular formula is C27H26O12. The van der Waals surface area contributed by atoms with E-state index in [0.717, 1.165) is 0 Å². The number of para-hydroxylation sites is 1. The second kappa shape index (κ2) is 12.0. The minimum Gasteiger partial charge on any atom is -0.508 e. The molecule has 0 bridgehead atoms. The zero-order valence-electron chi connectivity index (χ0n) is 20.3. The largest absolute Gasteiger partial charge is 0.508 e. The van der Waals surface area contributed by atoms with Crippen molar-refractivity contribution >= 4 is 11.9 Å². The third-order valence-electron chi connectivity index (χ3n) is 5.96. The average molecular weight is 542 g/mol. The number of aromatic carboxylic acids is 1. The van der Waals surface area contributed by atoms with Gasteiger partial charge in [0.05, 0.1) is 5.56 Å². The number of hydrogen-bond acceptors (Lipinski definition) is 11. The number of aliphatic hydroxyl groups excluding tert-OH is 3. The molecule has 1 heterocycles. The number of carbonyl (C=O) groups excluding carboxylic acids is 1. The molecule has 6 N–H and O–H groups in total. The topological polar surface area (TPSA) is 192 Å². The monoisotopic (exact) mass is 542 g/mol. The van der Waals surface area contributed by atoms with E-state index in [-0.39, 0.29) is 40.5 Å². The minimum absolute atomic E-state index is 0.0364. The predicted molar refractivity (Wildman–Crippen MR) is 132 cm³/mol. The normalized spacial score (nSPS) is 22.6. The van der Waals surface area contributed by atoms with Crippen molar-refractivity contribution in [3.05, 3.63) is 83.4 Å². The number of carboxylic acids is 1. The van der Waals surface area contributed by atoms with Crippen LogP contribution in [0.5, 0.6) is 23.0 Å². The smallest absolute Gasteiger partial charge is 0.339 e. The van der Waals surface area contributed by atoms with Crippen LogP contribution in [-0.4, -0.2) is 79.9 Å². The van der Waals surface area contributed by atoms with Crippen LogP contribution in [0.4, 0.5) is 0 Å². The minimum atomic E-state index is -1.71. The van der Waals surface area contributed by atoms with Gasteiger partial charge in [-0.25, -0.2) is 9.59 Å². The first-order valence-electron chi connectivity index (χ1n) is 11.7. The highest BCUT2D eigenvalue weighted by atomic mass is 16.7. The molecule has 3 aromatic carbocycles. The number of rotatable bonds is 9. The molecule has 1 aliphatic heterocycles. The third-order valence-corrected chi connectivity index (χ3v) is 5.96. The van der Waals surface area contributed by atoms with Gasteiger partial charge in [-0.1, -0.05) is 24.3 Å². The molecule has 0 radical (unpaired) electrons. The average Bonchev–Trinajstić information content (AvgIpc) is 2.93. The SMILES string of the molecule is O=C(OCC1OC(Oc2ccc(O)cc2COc2cccc(C(=O)O)c2O)C(O)C(O)C1O)c1ccccc1. The van der Waals surface area contributed by atoms with Gasteiger partial charge in [0, 0.05) is 5.56 Å². The second-order valence-corrected chi connectivity index (χ2v) is 8.64. The van der Waals surface area contributed by atoms with Crippen LogP contribution < -0.4 is 9.47 Å². The Labute approximate surface area is 221 Å². The highest BCUT2D eigenvalue weighted by Gasteiger charge is 2.45. The van der Waals surface area contributed by atoms with Gasteiger partial charge < -0.3 is 49.6 Å². The Hall–Kier alpha value is -4.36. The van der Waals surface area contributed by atoms with Crippen LogP contribution in [0.1, 0.15) is 26.3 Å². The van der Waals surface area contributed by atoms with E-state index in [2.05, 4.69) is 0 Å². The summed E-state index contributed by atoms with van der Waals surface area (Å²) in [5.74, 6) is -2.91. The number of carboxylic acid groups (broad SMARTS) is 1. The first kappa shape index (κ1) is 27.7. The van der Waals surface area contributed by atoms with E-state index in [1.54, 1.807) is 18.2 Å². The second-order valence-electron chi connectivity index (χ2n) is 8.64. The van der Waals surface area contributed by atoms with Crippen LogP contribution in [0.2, 0.25) is 0 Å². The number of phenols is 2. The summed E-state index contributed by atoms with van der Waals surface area (Å²) in [6.45, 7) is -0.768. The number of hydrogen-bond donors (Lipinski definition) is 6. The molecule has 0 aliphatic carbocycles. The van der Waals surface area contributed by atoms with Gasteiger partial charge in [-0.15, -0.1) is 0 Å². The summed E-state index contributed by atoms with van der Waals surface area (Å²) in [6.07, 6.45) is -7.81. The lowest BCUT2D eigenvalue weighted by atomic mass is 9.99. The van der Waals surface area contributed by atoms with Crippen LogP contribution in [0.3, 0.4) is 0 Å². The summed E-state index contributed by atoms with van der Waals surface area (Å²) in [6, 6.07) is 15.9. The van der Waals surface area contributed by atoms with Gasteiger partial charge in [0.2, 0.25) is 6.29 Å². The molecule has 5 unspecified atom stereocenters. The fourth-order valence-corrected chi connectivity index (χ4v) is 3.85. The highest BCUT2D eigenvalue weighted by Crippen LogP contribution is 2.33. The van der Waals surface area contributed by atoms with Crippen LogP contribution in [-0.2, 0) is 16.1 Å². The van der Waals surface area contributed by atoms with Crippen molar-refractivity contribution in [2.75, 3.05) is 6.61 Å². The number of phenolic OH excluding ortho intramolecular Hbond substituents is 1. The first-order valence-corrected chi connectivity index (χ1v) is 11.7. The Morgan fingerprint density at radius 3 is 2.31 bits per heavy atom. The fraction of sp³-hybridized carbons (Fsp3) is 0.259. The quantitative estimate of drug-likeness (QED) is 0.213. The molecule has 4 rings (SSSR count). The van der Waals surface area contributed by atoms with Gasteiger partial charge in [-0.2, -0.15) is 0 Å². The van der Waals surface area contributed by atoms with Crippen LogP contribution in [0.25, 0.3) is 0 Å². The molecule has 39 heavy (non-hydrogen) atoms. The Morgan fingerprint density at radius 1 is 0.846 bits per heavy atom. The van der Waals surface area contributed by atoms with E-state index in [0.29, 0.717) is 0 Å². The molecule has 1 aliphatic rings. The molecule has 0 aromatic heterocycles. The molecule has 0 amide bonds. The molecule has 5 atom stereocenters. The van der Waals surface area contributed by atoms with Crippen molar-refractivity contribution in [2.24, 2.45) is 0 Å². The van der Waals surface area contributed by atoms with E-state index in [4.69, 9.17) is 18.9 Å². The molecule has 0 saturated carbocycles. The fourth-order valence-electron chi connectivity index (χ4n) is 3.85. The molecule has 1 saturated heterocycles. The van der Waals surface area contributed by atoms with Crippen molar-refractivity contribution in [3.63, 3.8) is 0 Å². The van der Waals surface area contributed by atoms with Gasteiger partial charge in [-0.3, -0.25) is 0 Å². The van der Waals surface area contributed by atoms with E-state index < -0.39 is 55.0 Å². The summed E-state index contributed by atoms with van der Waals surface area (Å²) in [7, 11) is 0. The van der Waals surface area contributed by atoms with E-state index in [1.165, 1.54) is 48.5 Å². The van der Waals surface area contributed by atoms with E-state index >= 15 is 0 Å². The molecule has 206 valence electrons. The number of aromatic hydroxyl groups is 2. The standard InChI is InChI=1S/C27H26O12/c28-16-9-10-18(15(11-16)12-36-19-8-4-7-17(21(19)29)25(33)34)38-27-24(32)23(31)22(30)20(39-27)13-37-26(35)14-5-2-1-3-6-14/h1-11,20,22-24,27-32H,12-13H2,(H,33,34). The maximum Gasteiger partial charge on any atom is 0.339 e. The molecule has 12 nitrogen and oxygen atoms in total. The van der Waals surface area contributed by atoms with Crippen LogP contribution >= 0.6 is 0 Å².